The van der Waals surface area contributed by atoms with Crippen molar-refractivity contribution < 1.29 is 27.6 Å². The van der Waals surface area contributed by atoms with Crippen molar-refractivity contribution in [3.05, 3.63) is 75.8 Å². The fourth-order valence-electron chi connectivity index (χ4n) is 3.88. The fourth-order valence-corrected chi connectivity index (χ4v) is 5.79. The molecule has 12 nitrogen and oxygen atoms in total. The van der Waals surface area contributed by atoms with Gasteiger partial charge in [0.1, 0.15) is 10.6 Å². The summed E-state index contributed by atoms with van der Waals surface area (Å²) < 4.78 is 38.0. The van der Waals surface area contributed by atoms with Gasteiger partial charge in [-0.2, -0.15) is 4.31 Å². The Morgan fingerprint density at radius 1 is 1.08 bits per heavy atom. The number of benzene rings is 3. The van der Waals surface area contributed by atoms with Crippen LogP contribution in [-0.2, 0) is 19.6 Å². The molecule has 206 valence electrons. The number of nitrogens with one attached hydrogen (secondary N) is 3. The number of anilines is 4. The van der Waals surface area contributed by atoms with Crippen LogP contribution in [0.3, 0.4) is 0 Å². The summed E-state index contributed by atoms with van der Waals surface area (Å²) in [6.07, 6.45) is 0. The van der Waals surface area contributed by atoms with E-state index >= 15 is 0 Å². The number of ether oxygens (including phenoxy) is 2. The quantitative estimate of drug-likeness (QED) is 0.240. The zero-order chi connectivity index (χ0) is 28.0. The lowest BCUT2D eigenvalue weighted by molar-refractivity contribution is -0.384. The standard InChI is InChI=1S/C25H26ClN5O7S/c1-37-23-5-3-2-4-21(23)29-20-9-7-18(31(33)34)15-22(20)27-16-25(32)28-17-6-8-19(26)24(14-17)39(35,36)30-10-12-38-13-11-30/h2-9,14-15,27,29H,10-13,16H2,1H3,(H,28,32). The van der Waals surface area contributed by atoms with Gasteiger partial charge < -0.3 is 25.4 Å². The minimum atomic E-state index is -3.89. The fraction of sp³-hybridized carbons (Fsp3) is 0.240. The van der Waals surface area contributed by atoms with Crippen molar-refractivity contribution in [2.75, 3.05) is 55.9 Å². The van der Waals surface area contributed by atoms with E-state index in [-0.39, 0.29) is 54.1 Å². The molecule has 39 heavy (non-hydrogen) atoms. The van der Waals surface area contributed by atoms with Gasteiger partial charge in [0.15, 0.2) is 0 Å². The Bertz CT molecular complexity index is 1480. The summed E-state index contributed by atoms with van der Waals surface area (Å²) in [7, 11) is -2.37. The lowest BCUT2D eigenvalue weighted by Crippen LogP contribution is -2.40. The number of para-hydroxylation sites is 2. The van der Waals surface area contributed by atoms with E-state index in [9.17, 15) is 23.3 Å². The number of morpholine rings is 1. The highest BCUT2D eigenvalue weighted by Crippen LogP contribution is 2.33. The summed E-state index contributed by atoms with van der Waals surface area (Å²) in [6.45, 7) is 0.701. The Kier molecular flexibility index (Phi) is 8.86. The summed E-state index contributed by atoms with van der Waals surface area (Å²) >= 11 is 6.19. The number of nitrogens with zero attached hydrogens (tertiary/aromatic N) is 2. The molecule has 1 fully saturated rings. The maximum Gasteiger partial charge on any atom is 0.271 e. The van der Waals surface area contributed by atoms with Crippen molar-refractivity contribution in [1.82, 2.24) is 4.31 Å². The van der Waals surface area contributed by atoms with Crippen LogP contribution in [0.15, 0.2) is 65.6 Å². The van der Waals surface area contributed by atoms with Crippen LogP contribution >= 0.6 is 11.6 Å². The maximum absolute atomic E-state index is 13.1. The number of carbonyl (C=O) groups excluding carboxylic acids is 1. The van der Waals surface area contributed by atoms with E-state index in [2.05, 4.69) is 16.0 Å². The van der Waals surface area contributed by atoms with Crippen molar-refractivity contribution in [2.24, 2.45) is 0 Å². The van der Waals surface area contributed by atoms with Crippen LogP contribution < -0.4 is 20.7 Å². The maximum atomic E-state index is 13.1. The molecule has 14 heteroatoms. The molecule has 3 aromatic carbocycles. The first kappa shape index (κ1) is 28.1. The molecule has 1 saturated heterocycles. The number of amides is 1. The smallest absolute Gasteiger partial charge is 0.271 e. The van der Waals surface area contributed by atoms with Gasteiger partial charge in [0.25, 0.3) is 5.69 Å². The third kappa shape index (κ3) is 6.75. The lowest BCUT2D eigenvalue weighted by Gasteiger charge is -2.26. The largest absolute Gasteiger partial charge is 0.495 e. The number of halogens is 1. The van der Waals surface area contributed by atoms with E-state index in [4.69, 9.17) is 21.1 Å². The Labute approximate surface area is 230 Å². The second-order valence-electron chi connectivity index (χ2n) is 8.38. The Balaban J connectivity index is 1.50. The number of nitro groups is 1. The van der Waals surface area contributed by atoms with E-state index < -0.39 is 20.9 Å². The molecule has 0 aliphatic carbocycles. The highest BCUT2D eigenvalue weighted by atomic mass is 35.5. The van der Waals surface area contributed by atoms with Gasteiger partial charge in [0, 0.05) is 30.9 Å². The minimum Gasteiger partial charge on any atom is -0.495 e. The Morgan fingerprint density at radius 3 is 2.54 bits per heavy atom. The number of non-ortho nitro benzene ring substituents is 1. The molecule has 1 amide bonds. The Hall–Kier alpha value is -3.91. The molecule has 0 unspecified atom stereocenters. The predicted octanol–water partition coefficient (Wildman–Crippen LogP) is 4.07. The molecule has 1 aliphatic rings. The topological polar surface area (TPSA) is 152 Å². The van der Waals surface area contributed by atoms with E-state index in [1.165, 1.54) is 47.8 Å². The first-order valence-electron chi connectivity index (χ1n) is 11.8. The highest BCUT2D eigenvalue weighted by Gasteiger charge is 2.28. The Morgan fingerprint density at radius 2 is 1.82 bits per heavy atom. The van der Waals surface area contributed by atoms with Crippen LogP contribution in [0.4, 0.5) is 28.4 Å². The van der Waals surface area contributed by atoms with Crippen molar-refractivity contribution >= 4 is 56.0 Å². The number of sulfonamides is 1. The molecular weight excluding hydrogens is 550 g/mol. The second-order valence-corrected chi connectivity index (χ2v) is 10.7. The third-order valence-electron chi connectivity index (χ3n) is 5.83. The SMILES string of the molecule is COc1ccccc1Nc1ccc([N+](=O)[O-])cc1NCC(=O)Nc1ccc(Cl)c(S(=O)(=O)N2CCOCC2)c1. The van der Waals surface area contributed by atoms with Crippen LogP contribution in [0, 0.1) is 10.1 Å². The van der Waals surface area contributed by atoms with Gasteiger partial charge in [0.05, 0.1) is 53.9 Å². The molecule has 0 radical (unpaired) electrons. The summed E-state index contributed by atoms with van der Waals surface area (Å²) in [5, 5.41) is 20.1. The normalized spacial score (nSPS) is 13.9. The molecule has 3 aromatic rings. The van der Waals surface area contributed by atoms with Crippen molar-refractivity contribution in [3.8, 4) is 5.75 Å². The third-order valence-corrected chi connectivity index (χ3v) is 8.21. The molecule has 3 N–H and O–H groups in total. The van der Waals surface area contributed by atoms with Gasteiger partial charge in [-0.25, -0.2) is 8.42 Å². The van der Waals surface area contributed by atoms with Gasteiger partial charge in [-0.05, 0) is 36.4 Å². The van der Waals surface area contributed by atoms with Gasteiger partial charge >= 0.3 is 0 Å². The molecular formula is C25H26ClN5O7S. The van der Waals surface area contributed by atoms with Crippen LogP contribution in [0.5, 0.6) is 5.75 Å². The average Bonchev–Trinajstić information content (AvgIpc) is 2.94. The van der Waals surface area contributed by atoms with Crippen LogP contribution in [0.1, 0.15) is 0 Å². The first-order chi connectivity index (χ1) is 18.7. The second kappa shape index (κ2) is 12.3. The van der Waals surface area contributed by atoms with E-state index in [0.29, 0.717) is 22.8 Å². The first-order valence-corrected chi connectivity index (χ1v) is 13.6. The van der Waals surface area contributed by atoms with Gasteiger partial charge in [0.2, 0.25) is 15.9 Å². The van der Waals surface area contributed by atoms with Crippen LogP contribution in [0.25, 0.3) is 0 Å². The predicted molar refractivity (Wildman–Crippen MR) is 148 cm³/mol. The number of rotatable bonds is 10. The molecule has 0 bridgehead atoms. The molecule has 1 heterocycles. The molecule has 0 atom stereocenters. The average molecular weight is 576 g/mol. The number of nitro benzene ring substituents is 1. The van der Waals surface area contributed by atoms with Gasteiger partial charge in [-0.15, -0.1) is 0 Å². The van der Waals surface area contributed by atoms with Crippen molar-refractivity contribution in [1.29, 1.82) is 0 Å². The van der Waals surface area contributed by atoms with E-state index in [0.717, 1.165) is 0 Å². The highest BCUT2D eigenvalue weighted by molar-refractivity contribution is 7.89. The summed E-state index contributed by atoms with van der Waals surface area (Å²) in [4.78, 5) is 23.4. The van der Waals surface area contributed by atoms with Crippen molar-refractivity contribution in [2.45, 2.75) is 4.90 Å². The van der Waals surface area contributed by atoms with E-state index in [1.54, 1.807) is 24.3 Å². The van der Waals surface area contributed by atoms with Crippen LogP contribution in [-0.4, -0.2) is 63.5 Å². The number of hydrogen-bond donors (Lipinski definition) is 3. The van der Waals surface area contributed by atoms with Gasteiger partial charge in [-0.1, -0.05) is 23.7 Å². The summed E-state index contributed by atoms with van der Waals surface area (Å²) in [5.74, 6) is 0.0481. The molecule has 0 aromatic heterocycles. The molecule has 1 aliphatic heterocycles. The van der Waals surface area contributed by atoms with Crippen LogP contribution in [0.2, 0.25) is 5.02 Å². The molecule has 0 saturated carbocycles. The van der Waals surface area contributed by atoms with E-state index in [1.807, 2.05) is 0 Å². The minimum absolute atomic E-state index is 0.0290. The van der Waals surface area contributed by atoms with Crippen molar-refractivity contribution in [3.63, 3.8) is 0 Å². The summed E-state index contributed by atoms with van der Waals surface area (Å²) in [6, 6.07) is 15.5. The van der Waals surface area contributed by atoms with Gasteiger partial charge in [-0.3, -0.25) is 14.9 Å². The molecule has 0 spiro atoms. The molecule has 4 rings (SSSR count). The lowest BCUT2D eigenvalue weighted by atomic mass is 10.2. The number of hydrogen-bond acceptors (Lipinski definition) is 9. The zero-order valence-corrected chi connectivity index (χ0v) is 22.4. The number of methoxy groups -OCH3 is 1. The monoisotopic (exact) mass is 575 g/mol. The zero-order valence-electron chi connectivity index (χ0n) is 20.8. The summed E-state index contributed by atoms with van der Waals surface area (Å²) in [5.41, 5.74) is 1.46. The number of carbonyl (C=O) groups is 1.